The van der Waals surface area contributed by atoms with E-state index in [4.69, 9.17) is 0 Å². The minimum atomic E-state index is 0. The second-order valence-corrected chi connectivity index (χ2v) is 0. The first-order chi connectivity index (χ1) is 1.00. The molecule has 0 aliphatic heterocycles. The van der Waals surface area contributed by atoms with E-state index >= 15 is 0 Å². The van der Waals surface area contributed by atoms with Crippen molar-refractivity contribution in [1.29, 1.82) is 0 Å². The molecule has 0 aliphatic carbocycles. The summed E-state index contributed by atoms with van der Waals surface area (Å²) in [5.41, 5.74) is 0. The molecule has 0 aromatic rings. The van der Waals surface area contributed by atoms with Gasteiger partial charge in [0.05, 0.1) is 0 Å². The summed E-state index contributed by atoms with van der Waals surface area (Å²) in [4.78, 5) is 0. The fraction of sp³-hybridized carbons (Fsp3) is 0. The predicted molar refractivity (Wildman–Crippen MR) is 7.59 cm³/mol. The zero-order chi connectivity index (χ0) is 2.00. The van der Waals surface area contributed by atoms with Gasteiger partial charge in [-0.3, -0.25) is 0 Å². The van der Waals surface area contributed by atoms with Gasteiger partial charge in [-0.25, -0.2) is 0 Å². The van der Waals surface area contributed by atoms with E-state index in [9.17, 15) is 0 Å². The standard InChI is InChI=1S/Mo.Re.Rh.S. The van der Waals surface area contributed by atoms with Crippen molar-refractivity contribution in [2.24, 2.45) is 0 Å². The Hall–Kier alpha value is 2.19. The van der Waals surface area contributed by atoms with Crippen LogP contribution in [0.3, 0.4) is 0 Å². The second-order valence-electron chi connectivity index (χ2n) is 0. The molecule has 0 nitrogen and oxygen atoms in total. The first-order valence-electron chi connectivity index (χ1n) is 0.167. The van der Waals surface area contributed by atoms with Gasteiger partial charge >= 0.3 is 27.8 Å². The van der Waals surface area contributed by atoms with Crippen LogP contribution in [0, 0.1) is 0 Å². The molecular formula is MoReRhS. The Morgan fingerprint density at radius 2 is 1.25 bits per heavy atom. The van der Waals surface area contributed by atoms with Crippen LogP contribution in [0.1, 0.15) is 0 Å². The third-order valence-electron chi connectivity index (χ3n) is 0. The van der Waals surface area contributed by atoms with E-state index in [1.54, 1.807) is 0 Å². The van der Waals surface area contributed by atoms with Gasteiger partial charge in [0.1, 0.15) is 0 Å². The van der Waals surface area contributed by atoms with Crippen molar-refractivity contribution in [3.63, 3.8) is 0 Å². The summed E-state index contributed by atoms with van der Waals surface area (Å²) in [6.07, 6.45) is 0. The number of rotatable bonds is 0. The molecule has 0 aromatic heterocycles. The Morgan fingerprint density at radius 3 is 1.25 bits per heavy atom. The molecule has 0 saturated heterocycles. The normalized spacial score (nSPS) is 1.00. The average molecular weight is 417 g/mol. The second kappa shape index (κ2) is 19.0. The Balaban J connectivity index is -0.00000000500. The van der Waals surface area contributed by atoms with Gasteiger partial charge in [-0.1, -0.05) is 0 Å². The van der Waals surface area contributed by atoms with Crippen molar-refractivity contribution in [2.45, 2.75) is 0 Å². The molecule has 0 fully saturated rings. The van der Waals surface area contributed by atoms with Gasteiger partial charge < -0.3 is 0 Å². The molecule has 0 heterocycles. The number of hydrogen-bond donors (Lipinski definition) is 0. The van der Waals surface area contributed by atoms with Crippen molar-refractivity contribution < 1.29 is 57.9 Å². The van der Waals surface area contributed by atoms with Crippen LogP contribution in [-0.4, -0.2) is 0 Å². The third-order valence-corrected chi connectivity index (χ3v) is 0. The van der Waals surface area contributed by atoms with Gasteiger partial charge in [-0.05, 0) is 0 Å². The summed E-state index contributed by atoms with van der Waals surface area (Å²) in [6, 6.07) is 0. The van der Waals surface area contributed by atoms with Crippen molar-refractivity contribution in [3.8, 4) is 0 Å². The maximum atomic E-state index is 4.09. The molecule has 0 rings (SSSR count). The van der Waals surface area contributed by atoms with Crippen LogP contribution in [-0.2, 0) is 57.9 Å². The molecule has 4 heteroatoms. The van der Waals surface area contributed by atoms with Gasteiger partial charge in [-0.15, -0.1) is 0 Å². The molecule has 0 bridgehead atoms. The van der Waals surface area contributed by atoms with Gasteiger partial charge in [0.25, 0.3) is 0 Å². The molecule has 2 radical (unpaired) electrons. The maximum absolute atomic E-state index is 4.09. The number of hydrogen-bond acceptors (Lipinski definition) is 1. The van der Waals surface area contributed by atoms with Crippen molar-refractivity contribution >= 4 is 9.82 Å². The van der Waals surface area contributed by atoms with Crippen LogP contribution in [0.25, 0.3) is 0 Å². The summed E-state index contributed by atoms with van der Waals surface area (Å²) < 4.78 is 0. The summed E-state index contributed by atoms with van der Waals surface area (Å²) in [7, 11) is 4.09. The SMILES string of the molecule is [Re].[Rh].[S]=[Mo]. The molecule has 0 amide bonds. The summed E-state index contributed by atoms with van der Waals surface area (Å²) in [5, 5.41) is 0. The van der Waals surface area contributed by atoms with E-state index in [1.165, 1.54) is 18.0 Å². The first kappa shape index (κ1) is 16.4. The van der Waals surface area contributed by atoms with E-state index in [2.05, 4.69) is 9.82 Å². The Bertz CT molecular complexity index is 8.00. The molecule has 0 saturated carbocycles. The van der Waals surface area contributed by atoms with Crippen molar-refractivity contribution in [3.05, 3.63) is 0 Å². The first-order valence-corrected chi connectivity index (χ1v) is 2.96. The van der Waals surface area contributed by atoms with E-state index in [0.29, 0.717) is 0 Å². The zero-order valence-electron chi connectivity index (χ0n) is 1.53. The molecule has 0 atom stereocenters. The van der Waals surface area contributed by atoms with E-state index < -0.39 is 0 Å². The van der Waals surface area contributed by atoms with Crippen molar-refractivity contribution in [1.82, 2.24) is 0 Å². The van der Waals surface area contributed by atoms with Gasteiger partial charge in [0, 0.05) is 39.9 Å². The molecule has 0 spiro atoms. The minimum absolute atomic E-state index is 0. The Labute approximate surface area is 66.9 Å². The Morgan fingerprint density at radius 1 is 1.25 bits per heavy atom. The summed E-state index contributed by atoms with van der Waals surface area (Å²) in [6.45, 7) is 0. The quantitative estimate of drug-likeness (QED) is 0.522. The van der Waals surface area contributed by atoms with E-state index in [-0.39, 0.29) is 39.9 Å². The van der Waals surface area contributed by atoms with Crippen LogP contribution in [0.2, 0.25) is 0 Å². The van der Waals surface area contributed by atoms with Crippen LogP contribution < -0.4 is 0 Å². The van der Waals surface area contributed by atoms with Crippen LogP contribution in [0.15, 0.2) is 0 Å². The zero-order valence-corrected chi connectivity index (χ0v) is 8.71. The fourth-order valence-corrected chi connectivity index (χ4v) is 0. The van der Waals surface area contributed by atoms with Crippen LogP contribution in [0.5, 0.6) is 0 Å². The van der Waals surface area contributed by atoms with Crippen LogP contribution in [0.4, 0.5) is 0 Å². The molecular weight excluding hydrogens is 417 g/mol. The predicted octanol–water partition coefficient (Wildman–Crippen LogP) is 0.641. The van der Waals surface area contributed by atoms with Gasteiger partial charge in [-0.2, -0.15) is 0 Å². The van der Waals surface area contributed by atoms with E-state index in [0.717, 1.165) is 0 Å². The van der Waals surface area contributed by atoms with Crippen molar-refractivity contribution in [2.75, 3.05) is 0 Å². The van der Waals surface area contributed by atoms with Gasteiger partial charge in [0.15, 0.2) is 0 Å². The molecule has 0 aromatic carbocycles. The molecule has 4 heavy (non-hydrogen) atoms. The molecule has 0 N–H and O–H groups in total. The topological polar surface area (TPSA) is 0 Å². The monoisotopic (exact) mass is 420 g/mol. The third kappa shape index (κ3) is 8.89. The molecule has 28 valence electrons. The summed E-state index contributed by atoms with van der Waals surface area (Å²) >= 11 is 1.53. The van der Waals surface area contributed by atoms with Gasteiger partial charge in [0.2, 0.25) is 0 Å². The molecule has 0 aliphatic rings. The average Bonchev–Trinajstić information content (AvgIpc) is 1.00. The summed E-state index contributed by atoms with van der Waals surface area (Å²) in [5.74, 6) is 0. The van der Waals surface area contributed by atoms with E-state index in [1.807, 2.05) is 0 Å². The van der Waals surface area contributed by atoms with Crippen LogP contribution >= 0.6 is 9.82 Å². The fourth-order valence-electron chi connectivity index (χ4n) is 0. The molecule has 0 unspecified atom stereocenters. The Kier molecular flexibility index (Phi) is 77.7.